The Morgan fingerprint density at radius 2 is 2.31 bits per heavy atom. The smallest absolute Gasteiger partial charge is 0.148 e. The van der Waals surface area contributed by atoms with Crippen LogP contribution in [0.3, 0.4) is 0 Å². The molecule has 0 atom stereocenters. The van der Waals surface area contributed by atoms with E-state index in [-0.39, 0.29) is 5.82 Å². The molecule has 0 bridgehead atoms. The molecular formula is C9H10ClFN2. The third kappa shape index (κ3) is 1.76. The molecule has 1 fully saturated rings. The zero-order valence-electron chi connectivity index (χ0n) is 7.06. The first-order chi connectivity index (χ1) is 6.27. The maximum absolute atomic E-state index is 13.3. The van der Waals surface area contributed by atoms with Crippen molar-refractivity contribution in [2.45, 2.75) is 0 Å². The maximum Gasteiger partial charge on any atom is 0.148 e. The summed E-state index contributed by atoms with van der Waals surface area (Å²) in [6.07, 6.45) is 0. The number of anilines is 1. The third-order valence-electron chi connectivity index (χ3n) is 2.11. The highest BCUT2D eigenvalue weighted by atomic mass is 35.5. The lowest BCUT2D eigenvalue weighted by Crippen LogP contribution is -2.21. The van der Waals surface area contributed by atoms with Crippen LogP contribution in [0.5, 0.6) is 0 Å². The Bertz CT molecular complexity index is 310. The SMILES string of the molecule is Fc1cc(Cl)ccc1N1CCNC1. The number of hydrogen-bond donors (Lipinski definition) is 1. The summed E-state index contributed by atoms with van der Waals surface area (Å²) >= 11 is 5.65. The number of nitrogens with one attached hydrogen (secondary N) is 1. The minimum absolute atomic E-state index is 0.254. The number of rotatable bonds is 1. The average molecular weight is 201 g/mol. The summed E-state index contributed by atoms with van der Waals surface area (Å²) in [6.45, 7) is 2.46. The predicted octanol–water partition coefficient (Wildman–Crippen LogP) is 1.85. The first kappa shape index (κ1) is 8.78. The molecule has 0 unspecified atom stereocenters. The second-order valence-corrected chi connectivity index (χ2v) is 3.45. The number of benzene rings is 1. The van der Waals surface area contributed by atoms with E-state index in [1.54, 1.807) is 12.1 Å². The molecule has 0 saturated carbocycles. The van der Waals surface area contributed by atoms with Crippen LogP contribution in [0.2, 0.25) is 5.02 Å². The van der Waals surface area contributed by atoms with Gasteiger partial charge in [0.25, 0.3) is 0 Å². The van der Waals surface area contributed by atoms with Crippen molar-refractivity contribution in [2.24, 2.45) is 0 Å². The Balaban J connectivity index is 2.29. The summed E-state index contributed by atoms with van der Waals surface area (Å²) in [5.74, 6) is -0.254. The first-order valence-electron chi connectivity index (χ1n) is 4.18. The average Bonchev–Trinajstić information content (AvgIpc) is 2.56. The molecule has 0 amide bonds. The highest BCUT2D eigenvalue weighted by Gasteiger charge is 2.14. The van der Waals surface area contributed by atoms with E-state index in [9.17, 15) is 4.39 Å². The summed E-state index contributed by atoms with van der Waals surface area (Å²) < 4.78 is 13.3. The molecule has 2 nitrogen and oxygen atoms in total. The Morgan fingerprint density at radius 1 is 1.46 bits per heavy atom. The van der Waals surface area contributed by atoms with Crippen LogP contribution in [-0.2, 0) is 0 Å². The van der Waals surface area contributed by atoms with Crippen LogP contribution in [0, 0.1) is 5.82 Å². The van der Waals surface area contributed by atoms with E-state index in [2.05, 4.69) is 5.32 Å². The van der Waals surface area contributed by atoms with Gasteiger partial charge >= 0.3 is 0 Å². The Labute approximate surface area is 81.3 Å². The number of hydrogen-bond acceptors (Lipinski definition) is 2. The zero-order valence-corrected chi connectivity index (χ0v) is 7.81. The molecule has 1 aliphatic rings. The van der Waals surface area contributed by atoms with Gasteiger partial charge in [-0.2, -0.15) is 0 Å². The Hall–Kier alpha value is -0.800. The molecule has 1 aromatic carbocycles. The van der Waals surface area contributed by atoms with Crippen molar-refractivity contribution >= 4 is 17.3 Å². The minimum atomic E-state index is -0.254. The highest BCUT2D eigenvalue weighted by Crippen LogP contribution is 2.22. The van der Waals surface area contributed by atoms with Gasteiger partial charge in [-0.15, -0.1) is 0 Å². The fraction of sp³-hybridized carbons (Fsp3) is 0.333. The van der Waals surface area contributed by atoms with Crippen LogP contribution in [0.25, 0.3) is 0 Å². The molecule has 4 heteroatoms. The van der Waals surface area contributed by atoms with Gasteiger partial charge in [-0.1, -0.05) is 11.6 Å². The monoisotopic (exact) mass is 200 g/mol. The van der Waals surface area contributed by atoms with Gasteiger partial charge in [0.1, 0.15) is 5.82 Å². The van der Waals surface area contributed by atoms with E-state index < -0.39 is 0 Å². The quantitative estimate of drug-likeness (QED) is 0.745. The first-order valence-corrected chi connectivity index (χ1v) is 4.56. The summed E-state index contributed by atoms with van der Waals surface area (Å²) in [5.41, 5.74) is 0.620. The molecular weight excluding hydrogens is 191 g/mol. The van der Waals surface area contributed by atoms with Crippen molar-refractivity contribution in [2.75, 3.05) is 24.7 Å². The van der Waals surface area contributed by atoms with Crippen LogP contribution in [0.1, 0.15) is 0 Å². The largest absolute Gasteiger partial charge is 0.355 e. The Morgan fingerprint density at radius 3 is 2.92 bits per heavy atom. The lowest BCUT2D eigenvalue weighted by molar-refractivity contribution is 0.623. The zero-order chi connectivity index (χ0) is 9.26. The van der Waals surface area contributed by atoms with Crippen LogP contribution in [0.15, 0.2) is 18.2 Å². The standard InChI is InChI=1S/C9H10ClFN2/c10-7-1-2-9(8(11)5-7)13-4-3-12-6-13/h1-2,5,12H,3-4,6H2. The fourth-order valence-corrected chi connectivity index (χ4v) is 1.61. The second kappa shape index (κ2) is 3.52. The maximum atomic E-state index is 13.3. The third-order valence-corrected chi connectivity index (χ3v) is 2.35. The molecule has 0 aliphatic carbocycles. The van der Waals surface area contributed by atoms with Gasteiger partial charge in [0.05, 0.1) is 12.4 Å². The van der Waals surface area contributed by atoms with E-state index in [1.807, 2.05) is 4.90 Å². The molecule has 1 heterocycles. The van der Waals surface area contributed by atoms with Crippen LogP contribution in [-0.4, -0.2) is 19.8 Å². The molecule has 2 rings (SSSR count). The van der Waals surface area contributed by atoms with Gasteiger partial charge in [-0.05, 0) is 18.2 Å². The van der Waals surface area contributed by atoms with Crippen molar-refractivity contribution in [3.8, 4) is 0 Å². The topological polar surface area (TPSA) is 15.3 Å². The van der Waals surface area contributed by atoms with Gasteiger partial charge in [0.15, 0.2) is 0 Å². The molecule has 0 aromatic heterocycles. The van der Waals surface area contributed by atoms with Gasteiger partial charge in [-0.25, -0.2) is 4.39 Å². The summed E-state index contributed by atoms with van der Waals surface area (Å²) in [6, 6.07) is 4.76. The van der Waals surface area contributed by atoms with Crippen LogP contribution < -0.4 is 10.2 Å². The van der Waals surface area contributed by atoms with Gasteiger partial charge in [-0.3, -0.25) is 5.32 Å². The molecule has 0 spiro atoms. The van der Waals surface area contributed by atoms with Gasteiger partial charge < -0.3 is 4.90 Å². The lowest BCUT2D eigenvalue weighted by Gasteiger charge is -2.17. The Kier molecular flexibility index (Phi) is 2.38. The molecule has 70 valence electrons. The number of nitrogens with zero attached hydrogens (tertiary/aromatic N) is 1. The second-order valence-electron chi connectivity index (χ2n) is 3.02. The fourth-order valence-electron chi connectivity index (χ4n) is 1.45. The van der Waals surface area contributed by atoms with Crippen LogP contribution >= 0.6 is 11.6 Å². The summed E-state index contributed by atoms with van der Waals surface area (Å²) in [7, 11) is 0. The van der Waals surface area contributed by atoms with Crippen molar-refractivity contribution in [1.82, 2.24) is 5.32 Å². The van der Waals surface area contributed by atoms with Crippen LogP contribution in [0.4, 0.5) is 10.1 Å². The van der Waals surface area contributed by atoms with Crippen molar-refractivity contribution in [3.05, 3.63) is 29.0 Å². The number of halogens is 2. The molecule has 1 aliphatic heterocycles. The van der Waals surface area contributed by atoms with Crippen molar-refractivity contribution in [1.29, 1.82) is 0 Å². The van der Waals surface area contributed by atoms with Crippen molar-refractivity contribution < 1.29 is 4.39 Å². The predicted molar refractivity (Wildman–Crippen MR) is 51.6 cm³/mol. The van der Waals surface area contributed by atoms with Crippen molar-refractivity contribution in [3.63, 3.8) is 0 Å². The lowest BCUT2D eigenvalue weighted by atomic mass is 10.3. The normalized spacial score (nSPS) is 16.6. The molecule has 1 saturated heterocycles. The molecule has 13 heavy (non-hydrogen) atoms. The molecule has 1 aromatic rings. The molecule has 1 N–H and O–H groups in total. The molecule has 0 radical (unpaired) electrons. The van der Waals surface area contributed by atoms with Gasteiger partial charge in [0, 0.05) is 18.1 Å². The van der Waals surface area contributed by atoms with E-state index in [0.29, 0.717) is 17.4 Å². The van der Waals surface area contributed by atoms with E-state index in [1.165, 1.54) is 6.07 Å². The van der Waals surface area contributed by atoms with E-state index >= 15 is 0 Å². The van der Waals surface area contributed by atoms with E-state index in [0.717, 1.165) is 13.1 Å². The van der Waals surface area contributed by atoms with Gasteiger partial charge in [0.2, 0.25) is 0 Å². The summed E-state index contributed by atoms with van der Waals surface area (Å²) in [5, 5.41) is 3.58. The summed E-state index contributed by atoms with van der Waals surface area (Å²) in [4.78, 5) is 1.95. The minimum Gasteiger partial charge on any atom is -0.355 e. The van der Waals surface area contributed by atoms with E-state index in [4.69, 9.17) is 11.6 Å². The highest BCUT2D eigenvalue weighted by molar-refractivity contribution is 6.30.